The van der Waals surface area contributed by atoms with Crippen molar-refractivity contribution in [3.8, 4) is 0 Å². The fourth-order valence-electron chi connectivity index (χ4n) is 2.51. The lowest BCUT2D eigenvalue weighted by atomic mass is 10.1. The van der Waals surface area contributed by atoms with Crippen molar-refractivity contribution in [1.82, 2.24) is 20.0 Å². The standard InChI is InChI=1S/C15H16F2N4O2/c1-10-18-19-14(23-10)9-20-4-6-21(7-5-20)15(22)11-2-3-12(16)13(17)8-11/h2-3,8H,4-7,9H2,1H3. The van der Waals surface area contributed by atoms with Crippen LogP contribution in [0.5, 0.6) is 0 Å². The number of piperazine rings is 1. The molecule has 0 atom stereocenters. The molecule has 0 bridgehead atoms. The zero-order valence-corrected chi connectivity index (χ0v) is 12.6. The first-order valence-electron chi connectivity index (χ1n) is 7.28. The molecular weight excluding hydrogens is 306 g/mol. The lowest BCUT2D eigenvalue weighted by Crippen LogP contribution is -2.48. The molecule has 1 fully saturated rings. The average Bonchev–Trinajstić information content (AvgIpc) is 2.95. The summed E-state index contributed by atoms with van der Waals surface area (Å²) in [5, 5.41) is 7.72. The summed E-state index contributed by atoms with van der Waals surface area (Å²) in [6.45, 7) is 4.58. The molecule has 3 rings (SSSR count). The number of halogens is 2. The Hall–Kier alpha value is -2.35. The molecule has 8 heteroatoms. The number of aromatic nitrogens is 2. The molecule has 1 aromatic carbocycles. The predicted octanol–water partition coefficient (Wildman–Crippen LogP) is 1.61. The fourth-order valence-corrected chi connectivity index (χ4v) is 2.51. The number of rotatable bonds is 3. The van der Waals surface area contributed by atoms with Crippen molar-refractivity contribution >= 4 is 5.91 Å². The summed E-state index contributed by atoms with van der Waals surface area (Å²) in [5.41, 5.74) is 0.157. The number of nitrogens with zero attached hydrogens (tertiary/aromatic N) is 4. The first-order valence-corrected chi connectivity index (χ1v) is 7.28. The van der Waals surface area contributed by atoms with Gasteiger partial charge in [0.1, 0.15) is 0 Å². The summed E-state index contributed by atoms with van der Waals surface area (Å²) >= 11 is 0. The maximum absolute atomic E-state index is 13.2. The monoisotopic (exact) mass is 322 g/mol. The molecule has 0 aliphatic carbocycles. The van der Waals surface area contributed by atoms with Gasteiger partial charge < -0.3 is 9.32 Å². The summed E-state index contributed by atoms with van der Waals surface area (Å²) in [6.07, 6.45) is 0. The molecule has 2 heterocycles. The van der Waals surface area contributed by atoms with Gasteiger partial charge in [0, 0.05) is 38.7 Å². The van der Waals surface area contributed by atoms with Crippen LogP contribution in [0.2, 0.25) is 0 Å². The third-order valence-electron chi connectivity index (χ3n) is 3.75. The van der Waals surface area contributed by atoms with E-state index in [1.54, 1.807) is 11.8 Å². The van der Waals surface area contributed by atoms with E-state index in [0.29, 0.717) is 44.5 Å². The minimum absolute atomic E-state index is 0.157. The van der Waals surface area contributed by atoms with Gasteiger partial charge in [-0.3, -0.25) is 9.69 Å². The quantitative estimate of drug-likeness (QED) is 0.859. The fraction of sp³-hybridized carbons (Fsp3) is 0.400. The highest BCUT2D eigenvalue weighted by Gasteiger charge is 2.23. The van der Waals surface area contributed by atoms with E-state index in [4.69, 9.17) is 4.42 Å². The van der Waals surface area contributed by atoms with E-state index in [1.807, 2.05) is 0 Å². The lowest BCUT2D eigenvalue weighted by molar-refractivity contribution is 0.0617. The molecule has 1 aliphatic rings. The van der Waals surface area contributed by atoms with Crippen molar-refractivity contribution in [3.05, 3.63) is 47.2 Å². The summed E-state index contributed by atoms with van der Waals surface area (Å²) in [6, 6.07) is 3.20. The zero-order chi connectivity index (χ0) is 16.4. The van der Waals surface area contributed by atoms with E-state index in [9.17, 15) is 13.6 Å². The summed E-state index contributed by atoms with van der Waals surface area (Å²) < 4.78 is 31.5. The Morgan fingerprint density at radius 1 is 1.17 bits per heavy atom. The smallest absolute Gasteiger partial charge is 0.254 e. The van der Waals surface area contributed by atoms with E-state index < -0.39 is 11.6 Å². The molecule has 122 valence electrons. The Morgan fingerprint density at radius 3 is 2.52 bits per heavy atom. The van der Waals surface area contributed by atoms with E-state index in [-0.39, 0.29) is 11.5 Å². The van der Waals surface area contributed by atoms with Gasteiger partial charge in [0.25, 0.3) is 5.91 Å². The second-order valence-electron chi connectivity index (χ2n) is 5.41. The first kappa shape index (κ1) is 15.5. The van der Waals surface area contributed by atoms with Crippen molar-refractivity contribution in [3.63, 3.8) is 0 Å². The van der Waals surface area contributed by atoms with E-state index in [2.05, 4.69) is 15.1 Å². The number of hydrogen-bond acceptors (Lipinski definition) is 5. The van der Waals surface area contributed by atoms with E-state index >= 15 is 0 Å². The van der Waals surface area contributed by atoms with Gasteiger partial charge in [-0.2, -0.15) is 0 Å². The van der Waals surface area contributed by atoms with Crippen molar-refractivity contribution in [1.29, 1.82) is 0 Å². The van der Waals surface area contributed by atoms with Crippen LogP contribution in [0, 0.1) is 18.6 Å². The molecule has 0 unspecified atom stereocenters. The first-order chi connectivity index (χ1) is 11.0. The molecule has 0 saturated carbocycles. The van der Waals surface area contributed by atoms with Gasteiger partial charge in [-0.25, -0.2) is 8.78 Å². The Labute approximate surface area is 131 Å². The molecule has 0 N–H and O–H groups in total. The Morgan fingerprint density at radius 2 is 1.91 bits per heavy atom. The van der Waals surface area contributed by atoms with Gasteiger partial charge in [-0.15, -0.1) is 10.2 Å². The average molecular weight is 322 g/mol. The molecule has 1 amide bonds. The zero-order valence-electron chi connectivity index (χ0n) is 12.6. The molecule has 6 nitrogen and oxygen atoms in total. The Bertz CT molecular complexity index is 711. The van der Waals surface area contributed by atoms with Crippen LogP contribution < -0.4 is 0 Å². The van der Waals surface area contributed by atoms with Crippen molar-refractivity contribution in [2.45, 2.75) is 13.5 Å². The van der Waals surface area contributed by atoms with Crippen LogP contribution in [0.15, 0.2) is 22.6 Å². The van der Waals surface area contributed by atoms with Crippen molar-refractivity contribution < 1.29 is 18.0 Å². The second kappa shape index (κ2) is 6.41. The Kier molecular flexibility index (Phi) is 4.33. The van der Waals surface area contributed by atoms with Crippen LogP contribution in [-0.2, 0) is 6.54 Å². The minimum Gasteiger partial charge on any atom is -0.424 e. The van der Waals surface area contributed by atoms with Gasteiger partial charge in [-0.05, 0) is 18.2 Å². The van der Waals surface area contributed by atoms with Crippen molar-refractivity contribution in [2.75, 3.05) is 26.2 Å². The third-order valence-corrected chi connectivity index (χ3v) is 3.75. The van der Waals surface area contributed by atoms with Crippen LogP contribution in [-0.4, -0.2) is 52.1 Å². The summed E-state index contributed by atoms with van der Waals surface area (Å²) in [7, 11) is 0. The topological polar surface area (TPSA) is 62.5 Å². The van der Waals surface area contributed by atoms with Crippen LogP contribution >= 0.6 is 0 Å². The van der Waals surface area contributed by atoms with Crippen molar-refractivity contribution in [2.24, 2.45) is 0 Å². The maximum Gasteiger partial charge on any atom is 0.254 e. The molecule has 0 radical (unpaired) electrons. The Balaban J connectivity index is 1.57. The van der Waals surface area contributed by atoms with Gasteiger partial charge in [0.2, 0.25) is 11.8 Å². The highest BCUT2D eigenvalue weighted by Crippen LogP contribution is 2.14. The molecular formula is C15H16F2N4O2. The molecule has 1 saturated heterocycles. The lowest BCUT2D eigenvalue weighted by Gasteiger charge is -2.34. The third kappa shape index (κ3) is 3.53. The second-order valence-corrected chi connectivity index (χ2v) is 5.41. The number of hydrogen-bond donors (Lipinski definition) is 0. The van der Waals surface area contributed by atoms with Gasteiger partial charge in [0.15, 0.2) is 11.6 Å². The highest BCUT2D eigenvalue weighted by atomic mass is 19.2. The predicted molar refractivity (Wildman–Crippen MR) is 76.6 cm³/mol. The number of amides is 1. The molecule has 23 heavy (non-hydrogen) atoms. The SMILES string of the molecule is Cc1nnc(CN2CCN(C(=O)c3ccc(F)c(F)c3)CC2)o1. The van der Waals surface area contributed by atoms with Crippen LogP contribution in [0.3, 0.4) is 0 Å². The molecule has 1 aromatic heterocycles. The van der Waals surface area contributed by atoms with Crippen LogP contribution in [0.4, 0.5) is 8.78 Å². The van der Waals surface area contributed by atoms with Gasteiger partial charge in [-0.1, -0.05) is 0 Å². The van der Waals surface area contributed by atoms with Gasteiger partial charge >= 0.3 is 0 Å². The summed E-state index contributed by atoms with van der Waals surface area (Å²) in [4.78, 5) is 16.0. The number of benzene rings is 1. The maximum atomic E-state index is 13.2. The minimum atomic E-state index is -1.01. The number of aryl methyl sites for hydroxylation is 1. The largest absolute Gasteiger partial charge is 0.424 e. The highest BCUT2D eigenvalue weighted by molar-refractivity contribution is 5.94. The summed E-state index contributed by atoms with van der Waals surface area (Å²) in [5.74, 6) is -1.20. The number of carbonyl (C=O) groups excluding carboxylic acids is 1. The molecule has 1 aliphatic heterocycles. The molecule has 2 aromatic rings. The van der Waals surface area contributed by atoms with E-state index in [0.717, 1.165) is 12.1 Å². The van der Waals surface area contributed by atoms with Crippen LogP contribution in [0.1, 0.15) is 22.1 Å². The number of carbonyl (C=O) groups is 1. The van der Waals surface area contributed by atoms with Gasteiger partial charge in [0.05, 0.1) is 6.54 Å². The van der Waals surface area contributed by atoms with Crippen LogP contribution in [0.25, 0.3) is 0 Å². The normalized spacial score (nSPS) is 15.9. The van der Waals surface area contributed by atoms with E-state index in [1.165, 1.54) is 6.07 Å². The molecule has 0 spiro atoms.